The molecule has 1 aromatic carbocycles. The van der Waals surface area contributed by atoms with E-state index in [0.717, 1.165) is 52.6 Å². The number of azo groups is 1. The molecule has 0 spiro atoms. The fraction of sp³-hybridized carbons (Fsp3) is 0.333. The van der Waals surface area contributed by atoms with Gasteiger partial charge in [0, 0.05) is 29.5 Å². The first-order valence-corrected chi connectivity index (χ1v) is 13.1. The average molecular weight is 449 g/mol. The highest BCUT2D eigenvalue weighted by Gasteiger charge is 2.22. The van der Waals surface area contributed by atoms with E-state index in [1.165, 1.54) is 5.20 Å². The molecule has 5 nitrogen and oxygen atoms in total. The summed E-state index contributed by atoms with van der Waals surface area (Å²) in [5, 5.41) is 11.3. The summed E-state index contributed by atoms with van der Waals surface area (Å²) in [6, 6.07) is 12.0. The van der Waals surface area contributed by atoms with Crippen molar-refractivity contribution in [2.75, 3.05) is 6.54 Å². The number of nitrogens with zero attached hydrogens (tertiary/aromatic N) is 5. The SMILES string of the molecule is CC(C)[Si](C)C1=C(c2ccnc(-c3cn(Cc4ccccc4Cl)cn3)c2)N=NCCC1. The Hall–Kier alpha value is -2.57. The minimum atomic E-state index is -0.663. The standard InChI is InChI=1S/C24H27ClN5Si/c1-17(2)31(3)23-9-6-11-28-29-24(23)18-10-12-26-21(13-18)22-15-30(16-27-22)14-19-7-4-5-8-20(19)25/h4-5,7-8,10,12-13,15-17H,6,9,11,14H2,1-3H3. The van der Waals surface area contributed by atoms with Crippen molar-refractivity contribution >= 4 is 26.1 Å². The molecule has 159 valence electrons. The number of allylic oxidation sites excluding steroid dienone is 1. The normalized spacial score (nSPS) is 14.5. The minimum Gasteiger partial charge on any atom is -0.332 e. The number of halogens is 1. The van der Waals surface area contributed by atoms with Crippen LogP contribution < -0.4 is 0 Å². The minimum absolute atomic E-state index is 0.658. The van der Waals surface area contributed by atoms with Gasteiger partial charge in [-0.2, -0.15) is 10.2 Å². The van der Waals surface area contributed by atoms with Crippen LogP contribution in [0.15, 0.2) is 70.5 Å². The molecule has 0 fully saturated rings. The van der Waals surface area contributed by atoms with Crippen molar-refractivity contribution in [1.82, 2.24) is 14.5 Å². The van der Waals surface area contributed by atoms with Gasteiger partial charge >= 0.3 is 0 Å². The van der Waals surface area contributed by atoms with Crippen molar-refractivity contribution < 1.29 is 0 Å². The Kier molecular flexibility index (Phi) is 6.78. The number of rotatable bonds is 6. The molecule has 3 heterocycles. The molecule has 31 heavy (non-hydrogen) atoms. The summed E-state index contributed by atoms with van der Waals surface area (Å²) in [6.45, 7) is 8.48. The van der Waals surface area contributed by atoms with Crippen molar-refractivity contribution in [3.05, 3.63) is 76.5 Å². The zero-order valence-corrected chi connectivity index (χ0v) is 20.0. The van der Waals surface area contributed by atoms with Crippen LogP contribution in [0.5, 0.6) is 0 Å². The maximum atomic E-state index is 6.31. The molecule has 4 rings (SSSR count). The third kappa shape index (κ3) is 5.02. The molecule has 0 saturated heterocycles. The number of imidazole rings is 1. The molecule has 0 unspecified atom stereocenters. The summed E-state index contributed by atoms with van der Waals surface area (Å²) in [5.41, 5.74) is 5.53. The third-order valence-electron chi connectivity index (χ3n) is 5.72. The van der Waals surface area contributed by atoms with Gasteiger partial charge < -0.3 is 4.57 Å². The topological polar surface area (TPSA) is 55.4 Å². The van der Waals surface area contributed by atoms with Crippen LogP contribution >= 0.6 is 11.6 Å². The molecule has 0 atom stereocenters. The van der Waals surface area contributed by atoms with Gasteiger partial charge in [0.25, 0.3) is 0 Å². The number of hydrogen-bond donors (Lipinski definition) is 0. The first-order chi connectivity index (χ1) is 15.0. The van der Waals surface area contributed by atoms with E-state index < -0.39 is 8.80 Å². The molecule has 7 heteroatoms. The number of benzene rings is 1. The van der Waals surface area contributed by atoms with E-state index in [1.54, 1.807) is 0 Å². The van der Waals surface area contributed by atoms with Crippen LogP contribution in [0, 0.1) is 0 Å². The fourth-order valence-electron chi connectivity index (χ4n) is 3.71. The van der Waals surface area contributed by atoms with Crippen molar-refractivity contribution in [2.45, 2.75) is 45.3 Å². The van der Waals surface area contributed by atoms with E-state index in [0.29, 0.717) is 12.1 Å². The molecular weight excluding hydrogens is 422 g/mol. The summed E-state index contributed by atoms with van der Waals surface area (Å²) >= 11 is 6.31. The monoisotopic (exact) mass is 448 g/mol. The Morgan fingerprint density at radius 3 is 2.77 bits per heavy atom. The molecule has 0 aliphatic carbocycles. The summed E-state index contributed by atoms with van der Waals surface area (Å²) in [5.74, 6) is 0. The number of pyridine rings is 1. The van der Waals surface area contributed by atoms with E-state index in [2.05, 4.69) is 46.7 Å². The Morgan fingerprint density at radius 1 is 1.13 bits per heavy atom. The van der Waals surface area contributed by atoms with Gasteiger partial charge in [-0.1, -0.05) is 55.4 Å². The van der Waals surface area contributed by atoms with Gasteiger partial charge in [0.2, 0.25) is 0 Å². The Balaban J connectivity index is 1.65. The van der Waals surface area contributed by atoms with Crippen LogP contribution in [-0.4, -0.2) is 29.9 Å². The quantitative estimate of drug-likeness (QED) is 0.395. The third-order valence-corrected chi connectivity index (χ3v) is 9.26. The highest BCUT2D eigenvalue weighted by Crippen LogP contribution is 2.32. The van der Waals surface area contributed by atoms with Crippen LogP contribution in [0.1, 0.15) is 37.8 Å². The molecule has 1 aliphatic heterocycles. The first-order valence-electron chi connectivity index (χ1n) is 10.7. The van der Waals surface area contributed by atoms with E-state index >= 15 is 0 Å². The van der Waals surface area contributed by atoms with E-state index in [4.69, 9.17) is 11.6 Å². The predicted octanol–water partition coefficient (Wildman–Crippen LogP) is 6.68. The highest BCUT2D eigenvalue weighted by molar-refractivity contribution is 6.67. The molecular formula is C24H27ClN5Si. The van der Waals surface area contributed by atoms with Crippen LogP contribution in [0.3, 0.4) is 0 Å². The van der Waals surface area contributed by atoms with Gasteiger partial charge in [0.15, 0.2) is 0 Å². The lowest BCUT2D eigenvalue weighted by Crippen LogP contribution is -2.17. The number of aromatic nitrogens is 3. The molecule has 1 radical (unpaired) electrons. The van der Waals surface area contributed by atoms with E-state index in [9.17, 15) is 0 Å². The molecule has 0 saturated carbocycles. The second-order valence-electron chi connectivity index (χ2n) is 8.19. The molecule has 0 amide bonds. The van der Waals surface area contributed by atoms with Gasteiger partial charge in [-0.15, -0.1) is 0 Å². The van der Waals surface area contributed by atoms with Crippen LogP contribution in [0.4, 0.5) is 0 Å². The zero-order valence-electron chi connectivity index (χ0n) is 18.2. The zero-order chi connectivity index (χ0) is 21.8. The second kappa shape index (κ2) is 9.70. The lowest BCUT2D eigenvalue weighted by molar-refractivity contribution is 0.798. The Labute approximate surface area is 190 Å². The van der Waals surface area contributed by atoms with Crippen molar-refractivity contribution in [2.24, 2.45) is 10.2 Å². The van der Waals surface area contributed by atoms with Crippen molar-refractivity contribution in [3.8, 4) is 11.4 Å². The molecule has 2 aromatic heterocycles. The van der Waals surface area contributed by atoms with Gasteiger partial charge in [0.05, 0.1) is 33.1 Å². The van der Waals surface area contributed by atoms with Gasteiger partial charge in [0.1, 0.15) is 5.69 Å². The number of hydrogen-bond acceptors (Lipinski definition) is 4. The Bertz CT molecular complexity index is 1120. The van der Waals surface area contributed by atoms with E-state index in [-0.39, 0.29) is 0 Å². The smallest absolute Gasteiger partial charge is 0.107 e. The predicted molar refractivity (Wildman–Crippen MR) is 129 cm³/mol. The van der Waals surface area contributed by atoms with E-state index in [1.807, 2.05) is 53.6 Å². The summed E-state index contributed by atoms with van der Waals surface area (Å²) in [4.78, 5) is 9.18. The van der Waals surface area contributed by atoms with Crippen molar-refractivity contribution in [3.63, 3.8) is 0 Å². The van der Waals surface area contributed by atoms with Crippen LogP contribution in [0.25, 0.3) is 17.1 Å². The lowest BCUT2D eigenvalue weighted by Gasteiger charge is -2.19. The fourth-order valence-corrected chi connectivity index (χ4v) is 5.74. The van der Waals surface area contributed by atoms with Crippen molar-refractivity contribution in [1.29, 1.82) is 0 Å². The first kappa shape index (κ1) is 21.7. The molecule has 3 aromatic rings. The second-order valence-corrected chi connectivity index (χ2v) is 11.7. The van der Waals surface area contributed by atoms with Crippen LogP contribution in [0.2, 0.25) is 17.1 Å². The Morgan fingerprint density at radius 2 is 1.97 bits per heavy atom. The highest BCUT2D eigenvalue weighted by atomic mass is 35.5. The van der Waals surface area contributed by atoms with Crippen LogP contribution in [-0.2, 0) is 6.54 Å². The lowest BCUT2D eigenvalue weighted by atomic mass is 10.1. The summed E-state index contributed by atoms with van der Waals surface area (Å²) in [7, 11) is -0.663. The maximum absolute atomic E-state index is 6.31. The molecule has 1 aliphatic rings. The summed E-state index contributed by atoms with van der Waals surface area (Å²) in [6.07, 6.45) is 7.84. The van der Waals surface area contributed by atoms with Gasteiger partial charge in [-0.25, -0.2) is 4.98 Å². The largest absolute Gasteiger partial charge is 0.332 e. The van der Waals surface area contributed by atoms with Gasteiger partial charge in [-0.3, -0.25) is 4.98 Å². The average Bonchev–Trinajstić information content (AvgIpc) is 3.10. The molecule has 0 bridgehead atoms. The maximum Gasteiger partial charge on any atom is 0.107 e. The molecule has 0 N–H and O–H groups in total. The summed E-state index contributed by atoms with van der Waals surface area (Å²) < 4.78 is 2.03. The van der Waals surface area contributed by atoms with Gasteiger partial charge in [-0.05, 0) is 42.1 Å².